The molecule has 2 fully saturated rings. The van der Waals surface area contributed by atoms with Crippen LogP contribution in [0, 0.1) is 11.3 Å². The lowest BCUT2D eigenvalue weighted by atomic mass is 9.77. The van der Waals surface area contributed by atoms with Crippen LogP contribution in [0.2, 0.25) is 0 Å². The van der Waals surface area contributed by atoms with Gasteiger partial charge in [-0.15, -0.1) is 0 Å². The Bertz CT molecular complexity index is 1290. The molecule has 2 aromatic carbocycles. The molecule has 0 bridgehead atoms. The number of halogens is 6. The molecular formula is C33H42F6N4O2. The average Bonchev–Trinajstić information content (AvgIpc) is 2.97. The second-order valence-corrected chi connectivity index (χ2v) is 13.0. The van der Waals surface area contributed by atoms with Gasteiger partial charge in [-0.25, -0.2) is 4.79 Å². The van der Waals surface area contributed by atoms with Crippen LogP contribution in [0.5, 0.6) is 0 Å². The number of nitrogens with two attached hydrogens (primary N) is 1. The molecule has 6 nitrogen and oxygen atoms in total. The summed E-state index contributed by atoms with van der Waals surface area (Å²) in [5.41, 5.74) is 2.78. The number of urea groups is 1. The number of piperazine rings is 1. The molecule has 2 N–H and O–H groups in total. The van der Waals surface area contributed by atoms with Gasteiger partial charge in [-0.05, 0) is 59.9 Å². The van der Waals surface area contributed by atoms with E-state index in [2.05, 4.69) is 13.8 Å². The molecular weight excluding hydrogens is 598 g/mol. The molecule has 2 heterocycles. The van der Waals surface area contributed by atoms with Gasteiger partial charge in [0.25, 0.3) is 0 Å². The van der Waals surface area contributed by atoms with E-state index in [0.717, 1.165) is 25.0 Å². The van der Waals surface area contributed by atoms with Gasteiger partial charge in [-0.3, -0.25) is 9.69 Å². The van der Waals surface area contributed by atoms with Crippen molar-refractivity contribution in [1.29, 1.82) is 0 Å². The first kappa shape index (κ1) is 34.6. The predicted octanol–water partition coefficient (Wildman–Crippen LogP) is 7.33. The molecule has 0 aromatic heterocycles. The van der Waals surface area contributed by atoms with Gasteiger partial charge in [0.2, 0.25) is 5.91 Å². The quantitative estimate of drug-likeness (QED) is 0.307. The van der Waals surface area contributed by atoms with Crippen LogP contribution in [0.3, 0.4) is 0 Å². The summed E-state index contributed by atoms with van der Waals surface area (Å²) in [5.74, 6) is 0.0556. The molecule has 2 atom stereocenters. The lowest BCUT2D eigenvalue weighted by molar-refractivity contribution is -0.144. The average molecular weight is 641 g/mol. The number of primary amides is 1. The maximum absolute atomic E-state index is 13.9. The van der Waals surface area contributed by atoms with E-state index in [1.807, 2.05) is 16.7 Å². The van der Waals surface area contributed by atoms with Crippen LogP contribution in [-0.4, -0.2) is 65.4 Å². The van der Waals surface area contributed by atoms with Crippen molar-refractivity contribution in [3.8, 4) is 0 Å². The fourth-order valence-corrected chi connectivity index (χ4v) is 6.92. The first-order chi connectivity index (χ1) is 21.0. The minimum Gasteiger partial charge on any atom is -0.351 e. The van der Waals surface area contributed by atoms with Crippen molar-refractivity contribution in [2.24, 2.45) is 17.1 Å². The number of benzene rings is 2. The molecule has 2 aliphatic rings. The van der Waals surface area contributed by atoms with Gasteiger partial charge >= 0.3 is 18.4 Å². The van der Waals surface area contributed by atoms with Crippen LogP contribution in [0.15, 0.2) is 48.5 Å². The van der Waals surface area contributed by atoms with Crippen LogP contribution in [0.1, 0.15) is 81.2 Å². The highest BCUT2D eigenvalue weighted by Crippen LogP contribution is 2.42. The van der Waals surface area contributed by atoms with Crippen molar-refractivity contribution < 1.29 is 35.9 Å². The summed E-state index contributed by atoms with van der Waals surface area (Å²) in [5, 5.41) is 0. The standard InChI is InChI=1S/C33H42F6N4O2/c1-4-12-31(2,3)27-21-42(15-16-43(27)28(44)17-22-10-13-41(14-11-22)30(40)45)29(23-8-6-5-7-9-23)24-18-25(32(34,35)36)20-26(19-24)33(37,38)39/h5-9,18-20,22,27,29H,4,10-17,21H2,1-3H3,(H2,40,45). The number of rotatable bonds is 8. The third-order valence-electron chi connectivity index (χ3n) is 9.32. The van der Waals surface area contributed by atoms with Crippen molar-refractivity contribution in [3.05, 3.63) is 70.8 Å². The number of alkyl halides is 6. The van der Waals surface area contributed by atoms with Gasteiger partial charge in [0, 0.05) is 45.2 Å². The lowest BCUT2D eigenvalue weighted by Crippen LogP contribution is -2.61. The molecule has 2 aromatic rings. The van der Waals surface area contributed by atoms with Crippen molar-refractivity contribution in [1.82, 2.24) is 14.7 Å². The van der Waals surface area contributed by atoms with Crippen molar-refractivity contribution >= 4 is 11.9 Å². The maximum atomic E-state index is 13.9. The Kier molecular flexibility index (Phi) is 10.5. The number of piperidine rings is 1. The third-order valence-corrected chi connectivity index (χ3v) is 9.32. The van der Waals surface area contributed by atoms with E-state index in [0.29, 0.717) is 37.9 Å². The predicted molar refractivity (Wildman–Crippen MR) is 159 cm³/mol. The highest BCUT2D eigenvalue weighted by atomic mass is 19.4. The molecule has 2 aliphatic heterocycles. The van der Waals surface area contributed by atoms with Crippen molar-refractivity contribution in [2.75, 3.05) is 32.7 Å². The SMILES string of the molecule is CCCC(C)(C)C1CN(C(c2ccccc2)c2cc(C(F)(F)F)cc(C(F)(F)F)c2)CCN1C(=O)CC1CCN(C(N)=O)CC1. The molecule has 3 amide bonds. The van der Waals surface area contributed by atoms with Gasteiger partial charge < -0.3 is 15.5 Å². The first-order valence-electron chi connectivity index (χ1n) is 15.4. The van der Waals surface area contributed by atoms with E-state index in [1.54, 1.807) is 35.2 Å². The van der Waals surface area contributed by atoms with E-state index < -0.39 is 35.6 Å². The number of nitrogens with zero attached hydrogens (tertiary/aromatic N) is 3. The monoisotopic (exact) mass is 640 g/mol. The fourth-order valence-electron chi connectivity index (χ4n) is 6.92. The fraction of sp³-hybridized carbons (Fsp3) is 0.576. The number of amides is 3. The lowest BCUT2D eigenvalue weighted by Gasteiger charge is -2.51. The second kappa shape index (κ2) is 13.6. The van der Waals surface area contributed by atoms with Crippen LogP contribution < -0.4 is 5.73 Å². The number of hydrogen-bond acceptors (Lipinski definition) is 3. The van der Waals surface area contributed by atoms with E-state index in [9.17, 15) is 35.9 Å². The summed E-state index contributed by atoms with van der Waals surface area (Å²) in [4.78, 5) is 30.7. The molecule has 4 rings (SSSR count). The molecule has 0 spiro atoms. The van der Waals surface area contributed by atoms with E-state index in [1.165, 1.54) is 0 Å². The van der Waals surface area contributed by atoms with E-state index in [4.69, 9.17) is 5.73 Å². The van der Waals surface area contributed by atoms with Crippen LogP contribution >= 0.6 is 0 Å². The number of likely N-dealkylation sites (tertiary alicyclic amines) is 1. The van der Waals surface area contributed by atoms with Crippen molar-refractivity contribution in [2.45, 2.75) is 77.3 Å². The number of carbonyl (C=O) groups is 2. The maximum Gasteiger partial charge on any atom is 0.416 e. The molecule has 2 saturated heterocycles. The Balaban J connectivity index is 1.69. The minimum atomic E-state index is -4.97. The molecule has 0 saturated carbocycles. The summed E-state index contributed by atoms with van der Waals surface area (Å²) >= 11 is 0. The van der Waals surface area contributed by atoms with Gasteiger partial charge in [0.05, 0.1) is 17.2 Å². The van der Waals surface area contributed by atoms with E-state index >= 15 is 0 Å². The minimum absolute atomic E-state index is 0.0314. The largest absolute Gasteiger partial charge is 0.416 e. The Labute approximate surface area is 260 Å². The summed E-state index contributed by atoms with van der Waals surface area (Å²) < 4.78 is 83.3. The van der Waals surface area contributed by atoms with Crippen LogP contribution in [0.25, 0.3) is 0 Å². The zero-order valence-electron chi connectivity index (χ0n) is 25.9. The third kappa shape index (κ3) is 8.31. The summed E-state index contributed by atoms with van der Waals surface area (Å²) in [7, 11) is 0. The van der Waals surface area contributed by atoms with Crippen LogP contribution in [-0.2, 0) is 17.1 Å². The normalized spacial score (nSPS) is 19.9. The Morgan fingerprint density at radius 3 is 1.96 bits per heavy atom. The zero-order valence-corrected chi connectivity index (χ0v) is 25.9. The molecule has 45 heavy (non-hydrogen) atoms. The van der Waals surface area contributed by atoms with Crippen LogP contribution in [0.4, 0.5) is 31.1 Å². The summed E-state index contributed by atoms with van der Waals surface area (Å²) in [6.45, 7) is 7.95. The molecule has 12 heteroatoms. The van der Waals surface area contributed by atoms with Gasteiger partial charge in [-0.1, -0.05) is 57.5 Å². The molecule has 0 radical (unpaired) electrons. The number of carbonyl (C=O) groups excluding carboxylic acids is 2. The Morgan fingerprint density at radius 1 is 0.867 bits per heavy atom. The van der Waals surface area contributed by atoms with Gasteiger partial charge in [0.1, 0.15) is 0 Å². The second-order valence-electron chi connectivity index (χ2n) is 13.0. The first-order valence-corrected chi connectivity index (χ1v) is 15.4. The number of hydrogen-bond donors (Lipinski definition) is 1. The molecule has 248 valence electrons. The molecule has 2 unspecified atom stereocenters. The zero-order chi connectivity index (χ0) is 33.2. The summed E-state index contributed by atoms with van der Waals surface area (Å²) in [6, 6.07) is 8.66. The molecule has 0 aliphatic carbocycles. The van der Waals surface area contributed by atoms with E-state index in [-0.39, 0.29) is 54.5 Å². The highest BCUT2D eigenvalue weighted by molar-refractivity contribution is 5.77. The van der Waals surface area contributed by atoms with Crippen molar-refractivity contribution in [3.63, 3.8) is 0 Å². The van der Waals surface area contributed by atoms with Gasteiger partial charge in [0.15, 0.2) is 0 Å². The topological polar surface area (TPSA) is 69.9 Å². The smallest absolute Gasteiger partial charge is 0.351 e. The summed E-state index contributed by atoms with van der Waals surface area (Å²) in [6.07, 6.45) is -6.72. The Morgan fingerprint density at radius 2 is 1.44 bits per heavy atom. The highest BCUT2D eigenvalue weighted by Gasteiger charge is 2.44. The van der Waals surface area contributed by atoms with Gasteiger partial charge in [-0.2, -0.15) is 26.3 Å². The Hall–Kier alpha value is -3.28.